The SMILES string of the molecule is CCNC(=NCc1ccccc1CO)NC(C)c1ccc(Cl)c(Cl)c1.I. The summed E-state index contributed by atoms with van der Waals surface area (Å²) in [4.78, 5) is 4.62. The van der Waals surface area contributed by atoms with Gasteiger partial charge in [0.2, 0.25) is 0 Å². The normalized spacial score (nSPS) is 12.3. The van der Waals surface area contributed by atoms with Crippen LogP contribution in [0, 0.1) is 0 Å². The predicted octanol–water partition coefficient (Wildman–Crippen LogP) is 4.92. The molecule has 1 atom stereocenters. The van der Waals surface area contributed by atoms with Gasteiger partial charge < -0.3 is 15.7 Å². The summed E-state index contributed by atoms with van der Waals surface area (Å²) in [5.74, 6) is 0.703. The van der Waals surface area contributed by atoms with Gasteiger partial charge >= 0.3 is 0 Å². The quantitative estimate of drug-likeness (QED) is 0.295. The second kappa shape index (κ2) is 11.6. The van der Waals surface area contributed by atoms with Crippen molar-refractivity contribution in [2.45, 2.75) is 33.0 Å². The lowest BCUT2D eigenvalue weighted by Crippen LogP contribution is -2.38. The number of hydrogen-bond donors (Lipinski definition) is 3. The van der Waals surface area contributed by atoms with Crippen LogP contribution in [0.2, 0.25) is 10.0 Å². The minimum absolute atomic E-state index is 0. The first-order chi connectivity index (χ1) is 12.0. The van der Waals surface area contributed by atoms with E-state index < -0.39 is 0 Å². The molecule has 0 aliphatic heterocycles. The third kappa shape index (κ3) is 6.61. The average Bonchev–Trinajstić information content (AvgIpc) is 2.62. The molecule has 0 saturated carbocycles. The first kappa shape index (κ1) is 23.0. The summed E-state index contributed by atoms with van der Waals surface area (Å²) in [6.45, 7) is 5.30. The summed E-state index contributed by atoms with van der Waals surface area (Å²) in [7, 11) is 0. The van der Waals surface area contributed by atoms with E-state index in [1.54, 1.807) is 6.07 Å². The maximum atomic E-state index is 9.43. The van der Waals surface area contributed by atoms with Crippen LogP contribution in [0.15, 0.2) is 47.5 Å². The molecular formula is C19H24Cl2IN3O. The van der Waals surface area contributed by atoms with Crippen LogP contribution < -0.4 is 10.6 Å². The highest BCUT2D eigenvalue weighted by Gasteiger charge is 2.10. The summed E-state index contributed by atoms with van der Waals surface area (Å²) in [5, 5.41) is 17.1. The molecule has 7 heteroatoms. The van der Waals surface area contributed by atoms with Gasteiger partial charge in [-0.15, -0.1) is 24.0 Å². The lowest BCUT2D eigenvalue weighted by atomic mass is 10.1. The zero-order chi connectivity index (χ0) is 18.2. The van der Waals surface area contributed by atoms with Gasteiger partial charge in [0, 0.05) is 6.54 Å². The molecule has 0 amide bonds. The zero-order valence-electron chi connectivity index (χ0n) is 14.8. The Labute approximate surface area is 182 Å². The number of rotatable bonds is 6. The number of hydrogen-bond acceptors (Lipinski definition) is 2. The Bertz CT molecular complexity index is 740. The maximum Gasteiger partial charge on any atom is 0.192 e. The largest absolute Gasteiger partial charge is 0.392 e. The Morgan fingerprint density at radius 3 is 2.42 bits per heavy atom. The number of aliphatic hydroxyl groups is 1. The number of nitrogens with zero attached hydrogens (tertiary/aromatic N) is 1. The van der Waals surface area contributed by atoms with Gasteiger partial charge in [-0.1, -0.05) is 53.5 Å². The van der Waals surface area contributed by atoms with E-state index in [1.807, 2.05) is 50.2 Å². The van der Waals surface area contributed by atoms with E-state index in [9.17, 15) is 5.11 Å². The van der Waals surface area contributed by atoms with Crippen molar-refractivity contribution in [3.05, 3.63) is 69.2 Å². The van der Waals surface area contributed by atoms with Gasteiger partial charge in [-0.25, -0.2) is 4.99 Å². The third-order valence-electron chi connectivity index (χ3n) is 3.84. The van der Waals surface area contributed by atoms with Crippen LogP contribution in [0.5, 0.6) is 0 Å². The lowest BCUT2D eigenvalue weighted by molar-refractivity contribution is 0.280. The summed E-state index contributed by atoms with van der Waals surface area (Å²) in [6.07, 6.45) is 0. The molecule has 26 heavy (non-hydrogen) atoms. The van der Waals surface area contributed by atoms with Gasteiger partial charge in [-0.05, 0) is 42.7 Å². The smallest absolute Gasteiger partial charge is 0.192 e. The monoisotopic (exact) mass is 507 g/mol. The fourth-order valence-electron chi connectivity index (χ4n) is 2.42. The summed E-state index contributed by atoms with van der Waals surface area (Å²) in [6, 6.07) is 13.3. The number of halogens is 3. The van der Waals surface area contributed by atoms with Gasteiger partial charge in [-0.3, -0.25) is 0 Å². The van der Waals surface area contributed by atoms with Crippen LogP contribution in [0.25, 0.3) is 0 Å². The number of guanidine groups is 1. The van der Waals surface area contributed by atoms with Gasteiger partial charge in [0.05, 0.1) is 29.2 Å². The van der Waals surface area contributed by atoms with E-state index in [4.69, 9.17) is 23.2 Å². The minimum Gasteiger partial charge on any atom is -0.392 e. The molecule has 2 aromatic rings. The summed E-state index contributed by atoms with van der Waals surface area (Å²) < 4.78 is 0. The Morgan fingerprint density at radius 2 is 1.81 bits per heavy atom. The highest BCUT2D eigenvalue weighted by molar-refractivity contribution is 14.0. The number of benzene rings is 2. The van der Waals surface area contributed by atoms with Crippen molar-refractivity contribution in [1.82, 2.24) is 10.6 Å². The average molecular weight is 508 g/mol. The molecule has 3 N–H and O–H groups in total. The maximum absolute atomic E-state index is 9.43. The molecule has 1 unspecified atom stereocenters. The van der Waals surface area contributed by atoms with Gasteiger partial charge in [0.15, 0.2) is 5.96 Å². The fourth-order valence-corrected chi connectivity index (χ4v) is 2.73. The van der Waals surface area contributed by atoms with Crippen molar-refractivity contribution in [2.24, 2.45) is 4.99 Å². The Morgan fingerprint density at radius 1 is 1.12 bits per heavy atom. The van der Waals surface area contributed by atoms with Crippen LogP contribution in [0.3, 0.4) is 0 Å². The lowest BCUT2D eigenvalue weighted by Gasteiger charge is -2.19. The minimum atomic E-state index is 0. The van der Waals surface area contributed by atoms with Crippen molar-refractivity contribution in [3.63, 3.8) is 0 Å². The molecule has 142 valence electrons. The molecule has 0 radical (unpaired) electrons. The van der Waals surface area contributed by atoms with Crippen molar-refractivity contribution < 1.29 is 5.11 Å². The van der Waals surface area contributed by atoms with Crippen LogP contribution in [-0.2, 0) is 13.2 Å². The second-order valence-corrected chi connectivity index (χ2v) is 6.48. The molecule has 0 saturated heterocycles. The van der Waals surface area contributed by atoms with E-state index in [1.165, 1.54) is 0 Å². The van der Waals surface area contributed by atoms with Gasteiger partial charge in [-0.2, -0.15) is 0 Å². The molecule has 4 nitrogen and oxygen atoms in total. The molecule has 2 rings (SSSR count). The van der Waals surface area contributed by atoms with Gasteiger partial charge in [0.25, 0.3) is 0 Å². The van der Waals surface area contributed by atoms with E-state index in [0.29, 0.717) is 22.5 Å². The second-order valence-electron chi connectivity index (χ2n) is 5.66. The molecule has 0 aliphatic carbocycles. The Hall–Kier alpha value is -1.02. The standard InChI is InChI=1S/C19H23Cl2N3O.HI/c1-3-22-19(23-11-15-6-4-5-7-16(15)12-25)24-13(2)14-8-9-17(20)18(21)10-14;/h4-10,13,25H,3,11-12H2,1-2H3,(H2,22,23,24);1H. The van der Waals surface area contributed by atoms with E-state index in [-0.39, 0.29) is 36.6 Å². The molecule has 0 bridgehead atoms. The number of aliphatic imine (C=N–C) groups is 1. The molecule has 2 aromatic carbocycles. The highest BCUT2D eigenvalue weighted by atomic mass is 127. The first-order valence-corrected chi connectivity index (χ1v) is 8.98. The highest BCUT2D eigenvalue weighted by Crippen LogP contribution is 2.25. The van der Waals surface area contributed by atoms with Crippen LogP contribution in [0.4, 0.5) is 0 Å². The summed E-state index contributed by atoms with van der Waals surface area (Å²) in [5.41, 5.74) is 2.92. The molecule has 0 aromatic heterocycles. The van der Waals surface area contributed by atoms with Crippen LogP contribution in [-0.4, -0.2) is 17.6 Å². The molecule has 0 fully saturated rings. The summed E-state index contributed by atoms with van der Waals surface area (Å²) >= 11 is 12.1. The molecule has 0 aliphatic rings. The Kier molecular flexibility index (Phi) is 10.3. The number of aliphatic hydroxyl groups excluding tert-OH is 1. The predicted molar refractivity (Wildman–Crippen MR) is 121 cm³/mol. The Balaban J connectivity index is 0.00000338. The van der Waals surface area contributed by atoms with E-state index in [0.717, 1.165) is 23.2 Å². The van der Waals surface area contributed by atoms with Crippen molar-refractivity contribution in [1.29, 1.82) is 0 Å². The van der Waals surface area contributed by atoms with Crippen LogP contribution in [0.1, 0.15) is 36.6 Å². The topological polar surface area (TPSA) is 56.7 Å². The zero-order valence-corrected chi connectivity index (χ0v) is 18.6. The molecule has 0 spiro atoms. The van der Waals surface area contributed by atoms with E-state index >= 15 is 0 Å². The van der Waals surface area contributed by atoms with Crippen molar-refractivity contribution in [3.8, 4) is 0 Å². The van der Waals surface area contributed by atoms with Crippen molar-refractivity contribution >= 4 is 53.1 Å². The van der Waals surface area contributed by atoms with Gasteiger partial charge in [0.1, 0.15) is 0 Å². The first-order valence-electron chi connectivity index (χ1n) is 8.22. The molecule has 0 heterocycles. The number of nitrogens with one attached hydrogen (secondary N) is 2. The fraction of sp³-hybridized carbons (Fsp3) is 0.316. The van der Waals surface area contributed by atoms with E-state index in [2.05, 4.69) is 15.6 Å². The van der Waals surface area contributed by atoms with Crippen molar-refractivity contribution in [2.75, 3.05) is 6.54 Å². The molecular weight excluding hydrogens is 484 g/mol. The van der Waals surface area contributed by atoms with Crippen LogP contribution >= 0.6 is 47.2 Å². The third-order valence-corrected chi connectivity index (χ3v) is 4.58.